The van der Waals surface area contributed by atoms with Crippen LogP contribution in [0.1, 0.15) is 12.2 Å². The maximum Gasteiger partial charge on any atom is 0.404 e. The molecule has 0 aliphatic heterocycles. The average Bonchev–Trinajstić information content (AvgIpc) is 2.58. The van der Waals surface area contributed by atoms with Crippen molar-refractivity contribution < 1.29 is 14.3 Å². The van der Waals surface area contributed by atoms with E-state index in [1.807, 2.05) is 0 Å². The lowest BCUT2D eigenvalue weighted by atomic mass is 10.2. The van der Waals surface area contributed by atoms with Gasteiger partial charge in [-0.25, -0.2) is 14.2 Å². The molecule has 0 saturated heterocycles. The van der Waals surface area contributed by atoms with Gasteiger partial charge in [0.1, 0.15) is 11.6 Å². The maximum atomic E-state index is 13.7. The highest BCUT2D eigenvalue weighted by Crippen LogP contribution is 2.21. The van der Waals surface area contributed by atoms with E-state index in [-0.39, 0.29) is 17.0 Å². The summed E-state index contributed by atoms with van der Waals surface area (Å²) in [5, 5.41) is 11.4. The minimum atomic E-state index is -1.12. The second kappa shape index (κ2) is 7.53. The number of halogens is 2. The van der Waals surface area contributed by atoms with Crippen LogP contribution < -0.4 is 10.9 Å². The van der Waals surface area contributed by atoms with Crippen molar-refractivity contribution in [3.63, 3.8) is 0 Å². The van der Waals surface area contributed by atoms with E-state index in [9.17, 15) is 14.0 Å². The Morgan fingerprint density at radius 1 is 1.27 bits per heavy atom. The van der Waals surface area contributed by atoms with Gasteiger partial charge >= 0.3 is 6.09 Å². The van der Waals surface area contributed by atoms with Crippen LogP contribution in [0.15, 0.2) is 47.3 Å². The second-order valence-corrected chi connectivity index (χ2v) is 6.03. The van der Waals surface area contributed by atoms with Crippen LogP contribution in [0.3, 0.4) is 0 Å². The molecule has 0 aliphatic carbocycles. The first-order chi connectivity index (χ1) is 12.5. The lowest BCUT2D eigenvalue weighted by molar-refractivity contribution is 0.194. The normalized spacial score (nSPS) is 10.8. The van der Waals surface area contributed by atoms with Gasteiger partial charge in [0.15, 0.2) is 0 Å². The van der Waals surface area contributed by atoms with Gasteiger partial charge in [-0.15, -0.1) is 0 Å². The molecule has 0 saturated carbocycles. The fourth-order valence-corrected chi connectivity index (χ4v) is 2.98. The summed E-state index contributed by atoms with van der Waals surface area (Å²) in [4.78, 5) is 28.1. The molecule has 0 fully saturated rings. The van der Waals surface area contributed by atoms with Crippen molar-refractivity contribution in [2.75, 3.05) is 6.54 Å². The second-order valence-electron chi connectivity index (χ2n) is 5.62. The predicted octanol–water partition coefficient (Wildman–Crippen LogP) is 3.38. The third kappa shape index (κ3) is 3.67. The average molecular weight is 376 g/mol. The Bertz CT molecular complexity index is 1040. The number of nitrogens with one attached hydrogen (secondary N) is 1. The summed E-state index contributed by atoms with van der Waals surface area (Å²) in [7, 11) is 0. The number of amides is 1. The van der Waals surface area contributed by atoms with Gasteiger partial charge in [0.05, 0.1) is 21.6 Å². The predicted molar refractivity (Wildman–Crippen MR) is 96.7 cm³/mol. The molecule has 3 rings (SSSR count). The molecule has 0 unspecified atom stereocenters. The van der Waals surface area contributed by atoms with Crippen LogP contribution in [0.5, 0.6) is 0 Å². The Balaban J connectivity index is 2.13. The number of aryl methyl sites for hydroxylation is 1. The lowest BCUT2D eigenvalue weighted by Crippen LogP contribution is -2.26. The number of hydrogen-bond acceptors (Lipinski definition) is 3. The monoisotopic (exact) mass is 375 g/mol. The van der Waals surface area contributed by atoms with Crippen molar-refractivity contribution in [2.24, 2.45) is 0 Å². The van der Waals surface area contributed by atoms with Crippen LogP contribution in [0.2, 0.25) is 5.02 Å². The zero-order valence-corrected chi connectivity index (χ0v) is 14.3. The van der Waals surface area contributed by atoms with E-state index >= 15 is 0 Å². The number of fused-ring (bicyclic) bond motifs is 1. The fraction of sp³-hybridized carbons (Fsp3) is 0.167. The third-order valence-electron chi connectivity index (χ3n) is 3.84. The Kier molecular flexibility index (Phi) is 5.18. The van der Waals surface area contributed by atoms with Crippen molar-refractivity contribution >= 4 is 28.6 Å². The summed E-state index contributed by atoms with van der Waals surface area (Å²) in [6.45, 7) is 0.210. The molecular weight excluding hydrogens is 361 g/mol. The first-order valence-corrected chi connectivity index (χ1v) is 8.28. The Hall–Kier alpha value is -2.93. The van der Waals surface area contributed by atoms with E-state index in [1.54, 1.807) is 24.3 Å². The van der Waals surface area contributed by atoms with Crippen molar-refractivity contribution in [2.45, 2.75) is 12.8 Å². The van der Waals surface area contributed by atoms with Crippen molar-refractivity contribution in [3.05, 3.63) is 69.5 Å². The van der Waals surface area contributed by atoms with Gasteiger partial charge in [-0.1, -0.05) is 23.7 Å². The molecule has 3 aromatic rings. The van der Waals surface area contributed by atoms with Crippen molar-refractivity contribution in [1.29, 1.82) is 0 Å². The highest BCUT2D eigenvalue weighted by molar-refractivity contribution is 6.35. The number of aromatic nitrogens is 2. The summed E-state index contributed by atoms with van der Waals surface area (Å²) >= 11 is 6.16. The largest absolute Gasteiger partial charge is 0.465 e. The summed E-state index contributed by atoms with van der Waals surface area (Å²) in [6.07, 6.45) is -0.361. The summed E-state index contributed by atoms with van der Waals surface area (Å²) in [5.41, 5.74) is 0.384. The highest BCUT2D eigenvalue weighted by Gasteiger charge is 2.15. The number of rotatable bonds is 5. The SMILES string of the molecule is O=C(O)NCCCc1nc2cccc(Cl)c2c(=O)n1-c1cccc(F)c1. The molecule has 0 spiro atoms. The quantitative estimate of drug-likeness (QED) is 0.669. The minimum Gasteiger partial charge on any atom is -0.465 e. The topological polar surface area (TPSA) is 84.2 Å². The molecule has 1 amide bonds. The molecule has 2 N–H and O–H groups in total. The molecule has 0 atom stereocenters. The van der Waals surface area contributed by atoms with E-state index in [2.05, 4.69) is 10.3 Å². The van der Waals surface area contributed by atoms with E-state index in [0.29, 0.717) is 29.9 Å². The van der Waals surface area contributed by atoms with E-state index in [4.69, 9.17) is 16.7 Å². The van der Waals surface area contributed by atoms with Crippen molar-refractivity contribution in [3.8, 4) is 5.69 Å². The molecule has 1 aromatic heterocycles. The standard InChI is InChI=1S/C18H15ClFN3O3/c19-13-6-2-7-14-16(13)17(24)23(12-5-1-4-11(20)10-12)15(22-14)8-3-9-21-18(25)26/h1-2,4-7,10,21H,3,8-9H2,(H,25,26). The third-order valence-corrected chi connectivity index (χ3v) is 4.15. The lowest BCUT2D eigenvalue weighted by Gasteiger charge is -2.14. The molecule has 0 aliphatic rings. The molecule has 0 bridgehead atoms. The van der Waals surface area contributed by atoms with Gasteiger partial charge in [-0.05, 0) is 36.8 Å². The Morgan fingerprint density at radius 3 is 2.77 bits per heavy atom. The van der Waals surface area contributed by atoms with Gasteiger partial charge in [0.25, 0.3) is 5.56 Å². The number of carbonyl (C=O) groups is 1. The van der Waals surface area contributed by atoms with Gasteiger partial charge in [0.2, 0.25) is 0 Å². The summed E-state index contributed by atoms with van der Waals surface area (Å²) < 4.78 is 15.0. The number of nitrogens with zero attached hydrogens (tertiary/aromatic N) is 2. The Morgan fingerprint density at radius 2 is 2.04 bits per heavy atom. The van der Waals surface area contributed by atoms with Crippen LogP contribution >= 0.6 is 11.6 Å². The van der Waals surface area contributed by atoms with Crippen LogP contribution in [0.25, 0.3) is 16.6 Å². The molecule has 134 valence electrons. The van der Waals surface area contributed by atoms with Crippen molar-refractivity contribution in [1.82, 2.24) is 14.9 Å². The van der Waals surface area contributed by atoms with Crippen LogP contribution in [0, 0.1) is 5.82 Å². The first-order valence-electron chi connectivity index (χ1n) is 7.90. The minimum absolute atomic E-state index is 0.210. The molecule has 2 aromatic carbocycles. The zero-order chi connectivity index (χ0) is 18.7. The molecule has 6 nitrogen and oxygen atoms in total. The van der Waals surface area contributed by atoms with Gasteiger partial charge < -0.3 is 10.4 Å². The van der Waals surface area contributed by atoms with Gasteiger partial charge in [-0.3, -0.25) is 9.36 Å². The Labute approximate surface area is 152 Å². The first kappa shape index (κ1) is 17.9. The number of hydrogen-bond donors (Lipinski definition) is 2. The smallest absolute Gasteiger partial charge is 0.404 e. The molecule has 1 heterocycles. The van der Waals surface area contributed by atoms with Gasteiger partial charge in [-0.2, -0.15) is 0 Å². The molecule has 26 heavy (non-hydrogen) atoms. The van der Waals surface area contributed by atoms with E-state index < -0.39 is 17.5 Å². The number of benzene rings is 2. The zero-order valence-electron chi connectivity index (χ0n) is 13.6. The highest BCUT2D eigenvalue weighted by atomic mass is 35.5. The van der Waals surface area contributed by atoms with Crippen LogP contribution in [-0.4, -0.2) is 27.3 Å². The van der Waals surface area contributed by atoms with Crippen LogP contribution in [-0.2, 0) is 6.42 Å². The number of carboxylic acid groups (broad SMARTS) is 1. The summed E-state index contributed by atoms with van der Waals surface area (Å²) in [5.74, 6) is -0.0743. The molecule has 8 heteroatoms. The van der Waals surface area contributed by atoms with Gasteiger partial charge in [0, 0.05) is 13.0 Å². The molecule has 0 radical (unpaired) electrons. The maximum absolute atomic E-state index is 13.7. The fourth-order valence-electron chi connectivity index (χ4n) is 2.73. The molecular formula is C18H15ClFN3O3. The van der Waals surface area contributed by atoms with Crippen LogP contribution in [0.4, 0.5) is 9.18 Å². The summed E-state index contributed by atoms with van der Waals surface area (Å²) in [6, 6.07) is 10.6. The van der Waals surface area contributed by atoms with E-state index in [1.165, 1.54) is 22.8 Å². The van der Waals surface area contributed by atoms with E-state index in [0.717, 1.165) is 0 Å².